The number of hydrogen-bond donors (Lipinski definition) is 0. The number of halogens is 1. The van der Waals surface area contributed by atoms with Gasteiger partial charge in [-0.05, 0) is 30.9 Å². The summed E-state index contributed by atoms with van der Waals surface area (Å²) in [5, 5.41) is 0.191. The third-order valence-electron chi connectivity index (χ3n) is 2.22. The van der Waals surface area contributed by atoms with E-state index in [4.69, 9.17) is 16.3 Å². The van der Waals surface area contributed by atoms with E-state index in [-0.39, 0.29) is 5.38 Å². The number of aromatic nitrogens is 1. The van der Waals surface area contributed by atoms with Crippen molar-refractivity contribution >= 4 is 11.6 Å². The monoisotopic (exact) mass is 213 g/mol. The van der Waals surface area contributed by atoms with Crippen molar-refractivity contribution in [3.05, 3.63) is 24.0 Å². The molecule has 0 aliphatic carbocycles. The lowest BCUT2D eigenvalue weighted by molar-refractivity contribution is 0.411. The summed E-state index contributed by atoms with van der Waals surface area (Å²) in [4.78, 5) is 4.12. The second kappa shape index (κ2) is 5.20. The summed E-state index contributed by atoms with van der Waals surface area (Å²) in [6, 6.07) is 2.01. The topological polar surface area (TPSA) is 22.1 Å². The Morgan fingerprint density at radius 2 is 2.14 bits per heavy atom. The predicted octanol–water partition coefficient (Wildman–Crippen LogP) is 3.21. The molecule has 1 aromatic rings. The Kier molecular flexibility index (Phi) is 4.21. The predicted molar refractivity (Wildman–Crippen MR) is 59.1 cm³/mol. The van der Waals surface area contributed by atoms with Crippen LogP contribution in [0, 0.1) is 0 Å². The van der Waals surface area contributed by atoms with E-state index in [9.17, 15) is 0 Å². The van der Waals surface area contributed by atoms with Crippen LogP contribution in [0.15, 0.2) is 18.5 Å². The van der Waals surface area contributed by atoms with Gasteiger partial charge in [-0.25, -0.2) is 0 Å². The molecule has 2 atom stereocenters. The first-order valence-electron chi connectivity index (χ1n) is 4.76. The number of rotatable bonds is 4. The van der Waals surface area contributed by atoms with Gasteiger partial charge in [0.1, 0.15) is 5.75 Å². The van der Waals surface area contributed by atoms with Crippen LogP contribution in [0.4, 0.5) is 0 Å². The number of methoxy groups -OCH3 is 1. The first-order valence-corrected chi connectivity index (χ1v) is 5.20. The summed E-state index contributed by atoms with van der Waals surface area (Å²) >= 11 is 5.94. The van der Waals surface area contributed by atoms with Gasteiger partial charge in [-0.1, -0.05) is 6.92 Å². The van der Waals surface area contributed by atoms with Crippen molar-refractivity contribution in [3.63, 3.8) is 0 Å². The van der Waals surface area contributed by atoms with Crippen LogP contribution in [-0.4, -0.2) is 17.5 Å². The number of hydrogen-bond acceptors (Lipinski definition) is 2. The van der Waals surface area contributed by atoms with E-state index in [0.717, 1.165) is 12.2 Å². The van der Waals surface area contributed by atoms with Gasteiger partial charge in [0.05, 0.1) is 13.3 Å². The Morgan fingerprint density at radius 1 is 1.43 bits per heavy atom. The molecule has 0 aliphatic rings. The highest BCUT2D eigenvalue weighted by Gasteiger charge is 2.09. The van der Waals surface area contributed by atoms with Gasteiger partial charge >= 0.3 is 0 Å². The van der Waals surface area contributed by atoms with Crippen LogP contribution in [0.1, 0.15) is 31.7 Å². The average Bonchev–Trinajstić information content (AvgIpc) is 2.17. The van der Waals surface area contributed by atoms with Crippen molar-refractivity contribution in [2.45, 2.75) is 31.6 Å². The standard InChI is InChI=1S/C11H16ClNO/c1-8(4-9(2)12)10-5-11(14-3)7-13-6-10/h5-9H,4H2,1-3H3. The van der Waals surface area contributed by atoms with Gasteiger partial charge in [-0.2, -0.15) is 0 Å². The Hall–Kier alpha value is -0.760. The Bertz CT molecular complexity index is 288. The zero-order valence-corrected chi connectivity index (χ0v) is 9.58. The van der Waals surface area contributed by atoms with Crippen molar-refractivity contribution in [1.29, 1.82) is 0 Å². The minimum absolute atomic E-state index is 0.191. The van der Waals surface area contributed by atoms with E-state index in [1.807, 2.05) is 19.2 Å². The molecule has 0 N–H and O–H groups in total. The van der Waals surface area contributed by atoms with Gasteiger partial charge in [0, 0.05) is 11.6 Å². The molecule has 1 heterocycles. The molecule has 0 aromatic carbocycles. The third-order valence-corrected chi connectivity index (χ3v) is 2.40. The van der Waals surface area contributed by atoms with Gasteiger partial charge < -0.3 is 4.74 Å². The molecule has 2 unspecified atom stereocenters. The number of pyridine rings is 1. The van der Waals surface area contributed by atoms with Crippen LogP contribution in [0.3, 0.4) is 0 Å². The van der Waals surface area contributed by atoms with E-state index in [1.165, 1.54) is 5.56 Å². The normalized spacial score (nSPS) is 14.9. The fourth-order valence-electron chi connectivity index (χ4n) is 1.44. The van der Waals surface area contributed by atoms with E-state index in [1.54, 1.807) is 13.3 Å². The molecule has 0 aliphatic heterocycles. The van der Waals surface area contributed by atoms with Crippen molar-refractivity contribution in [1.82, 2.24) is 4.98 Å². The second-order valence-electron chi connectivity index (χ2n) is 3.58. The molecule has 0 spiro atoms. The first kappa shape index (κ1) is 11.3. The van der Waals surface area contributed by atoms with Crippen molar-refractivity contribution in [3.8, 4) is 5.75 Å². The maximum absolute atomic E-state index is 5.94. The third kappa shape index (κ3) is 3.18. The van der Waals surface area contributed by atoms with Crippen molar-refractivity contribution in [2.24, 2.45) is 0 Å². The van der Waals surface area contributed by atoms with Crippen LogP contribution in [0.25, 0.3) is 0 Å². The second-order valence-corrected chi connectivity index (χ2v) is 4.32. The van der Waals surface area contributed by atoms with Gasteiger partial charge in [-0.15, -0.1) is 11.6 Å². The van der Waals surface area contributed by atoms with Crippen LogP contribution < -0.4 is 4.74 Å². The summed E-state index contributed by atoms with van der Waals surface area (Å²) in [5.74, 6) is 1.22. The lowest BCUT2D eigenvalue weighted by Crippen LogP contribution is -2.01. The first-order chi connectivity index (χ1) is 6.63. The molecule has 14 heavy (non-hydrogen) atoms. The zero-order chi connectivity index (χ0) is 10.6. The van der Waals surface area contributed by atoms with E-state index >= 15 is 0 Å². The summed E-state index contributed by atoms with van der Waals surface area (Å²) in [6.07, 6.45) is 4.53. The van der Waals surface area contributed by atoms with Crippen LogP contribution in [0.5, 0.6) is 5.75 Å². The summed E-state index contributed by atoms with van der Waals surface area (Å²) in [7, 11) is 1.65. The van der Waals surface area contributed by atoms with Crippen LogP contribution in [0.2, 0.25) is 0 Å². The van der Waals surface area contributed by atoms with E-state index in [0.29, 0.717) is 5.92 Å². The summed E-state index contributed by atoms with van der Waals surface area (Å²) in [6.45, 7) is 4.15. The van der Waals surface area contributed by atoms with Gasteiger partial charge in [0.15, 0.2) is 0 Å². The molecule has 0 saturated carbocycles. The van der Waals surface area contributed by atoms with Crippen molar-refractivity contribution < 1.29 is 4.74 Å². The Labute approximate surface area is 90.3 Å². The number of ether oxygens (including phenoxy) is 1. The molecule has 0 radical (unpaired) electrons. The SMILES string of the molecule is COc1cncc(C(C)CC(C)Cl)c1. The highest BCUT2D eigenvalue weighted by Crippen LogP contribution is 2.24. The highest BCUT2D eigenvalue weighted by atomic mass is 35.5. The molecular weight excluding hydrogens is 198 g/mol. The summed E-state index contributed by atoms with van der Waals surface area (Å²) < 4.78 is 5.11. The van der Waals surface area contributed by atoms with Crippen LogP contribution >= 0.6 is 11.6 Å². The molecule has 78 valence electrons. The fourth-order valence-corrected chi connectivity index (χ4v) is 1.71. The molecule has 3 heteroatoms. The van der Waals surface area contributed by atoms with Crippen LogP contribution in [-0.2, 0) is 0 Å². The van der Waals surface area contributed by atoms with E-state index in [2.05, 4.69) is 11.9 Å². The number of nitrogens with zero attached hydrogens (tertiary/aromatic N) is 1. The molecule has 1 aromatic heterocycles. The van der Waals surface area contributed by atoms with Gasteiger partial charge in [0.2, 0.25) is 0 Å². The van der Waals surface area contributed by atoms with Gasteiger partial charge in [0.25, 0.3) is 0 Å². The Morgan fingerprint density at radius 3 is 2.71 bits per heavy atom. The highest BCUT2D eigenvalue weighted by molar-refractivity contribution is 6.20. The maximum Gasteiger partial charge on any atom is 0.137 e. The lowest BCUT2D eigenvalue weighted by Gasteiger charge is -2.13. The molecule has 1 rings (SSSR count). The average molecular weight is 214 g/mol. The van der Waals surface area contributed by atoms with Crippen molar-refractivity contribution in [2.75, 3.05) is 7.11 Å². The molecule has 0 saturated heterocycles. The maximum atomic E-state index is 5.94. The fraction of sp³-hybridized carbons (Fsp3) is 0.545. The number of alkyl halides is 1. The molecular formula is C11H16ClNO. The van der Waals surface area contributed by atoms with E-state index < -0.39 is 0 Å². The smallest absolute Gasteiger partial charge is 0.137 e. The largest absolute Gasteiger partial charge is 0.495 e. The molecule has 2 nitrogen and oxygen atoms in total. The summed E-state index contributed by atoms with van der Waals surface area (Å²) in [5.41, 5.74) is 1.18. The quantitative estimate of drug-likeness (QED) is 0.717. The molecule has 0 bridgehead atoms. The Balaban J connectivity index is 2.73. The lowest BCUT2D eigenvalue weighted by atomic mass is 9.98. The molecule has 0 fully saturated rings. The molecule has 0 amide bonds. The minimum Gasteiger partial charge on any atom is -0.495 e. The zero-order valence-electron chi connectivity index (χ0n) is 8.83. The van der Waals surface area contributed by atoms with Gasteiger partial charge in [-0.3, -0.25) is 4.98 Å². The minimum atomic E-state index is 0.191.